The van der Waals surface area contributed by atoms with Gasteiger partial charge in [-0.05, 0) is 30.3 Å². The molecule has 0 unspecified atom stereocenters. The second-order valence-electron chi connectivity index (χ2n) is 4.20. The summed E-state index contributed by atoms with van der Waals surface area (Å²) in [6.07, 6.45) is -4.66. The average molecular weight is 284 g/mol. The highest BCUT2D eigenvalue weighted by molar-refractivity contribution is 5.88. The molecule has 2 aromatic carbocycles. The third-order valence-corrected chi connectivity index (χ3v) is 2.82. The van der Waals surface area contributed by atoms with Crippen LogP contribution < -0.4 is 11.5 Å². The van der Waals surface area contributed by atoms with Crippen molar-refractivity contribution in [3.63, 3.8) is 0 Å². The average Bonchev–Trinajstić information content (AvgIpc) is 2.32. The van der Waals surface area contributed by atoms with Gasteiger partial charge in [0.05, 0.1) is 16.8 Å². The van der Waals surface area contributed by atoms with Crippen LogP contribution in [0, 0.1) is 0 Å². The van der Waals surface area contributed by atoms with Crippen molar-refractivity contribution in [3.8, 4) is 22.6 Å². The topological polar surface area (TPSA) is 92.5 Å². The number of hydrogen-bond donors (Lipinski definition) is 4. The first-order chi connectivity index (χ1) is 9.21. The number of phenols is 2. The summed E-state index contributed by atoms with van der Waals surface area (Å²) in [6, 6.07) is 5.37. The lowest BCUT2D eigenvalue weighted by Gasteiger charge is -2.16. The Balaban J connectivity index is 2.77. The van der Waals surface area contributed by atoms with Gasteiger partial charge in [0.2, 0.25) is 0 Å². The molecule has 0 spiro atoms. The van der Waals surface area contributed by atoms with Gasteiger partial charge in [-0.25, -0.2) is 0 Å². The molecule has 0 aromatic heterocycles. The van der Waals surface area contributed by atoms with Crippen LogP contribution in [0.1, 0.15) is 5.56 Å². The molecule has 106 valence electrons. The summed E-state index contributed by atoms with van der Waals surface area (Å²) in [5.74, 6) is -0.808. The Hall–Kier alpha value is -2.57. The van der Waals surface area contributed by atoms with Crippen molar-refractivity contribution in [1.29, 1.82) is 0 Å². The summed E-state index contributed by atoms with van der Waals surface area (Å²) in [5.41, 5.74) is 9.12. The monoisotopic (exact) mass is 284 g/mol. The third-order valence-electron chi connectivity index (χ3n) is 2.82. The van der Waals surface area contributed by atoms with Gasteiger partial charge in [0.25, 0.3) is 0 Å². The highest BCUT2D eigenvalue weighted by Crippen LogP contribution is 2.45. The third kappa shape index (κ3) is 2.29. The maximum atomic E-state index is 12.8. The summed E-state index contributed by atoms with van der Waals surface area (Å²) in [7, 11) is 0. The van der Waals surface area contributed by atoms with Crippen LogP contribution in [0.4, 0.5) is 24.5 Å². The smallest absolute Gasteiger partial charge is 0.418 e. The van der Waals surface area contributed by atoms with E-state index in [-0.39, 0.29) is 22.6 Å². The van der Waals surface area contributed by atoms with Crippen molar-refractivity contribution < 1.29 is 23.4 Å². The fourth-order valence-electron chi connectivity index (χ4n) is 1.89. The molecule has 0 atom stereocenters. The zero-order chi connectivity index (χ0) is 15.1. The summed E-state index contributed by atoms with van der Waals surface area (Å²) in [4.78, 5) is 0. The number of nitrogens with two attached hydrogens (primary N) is 2. The van der Waals surface area contributed by atoms with Gasteiger partial charge in [0.1, 0.15) is 11.5 Å². The van der Waals surface area contributed by atoms with Gasteiger partial charge in [0, 0.05) is 11.3 Å². The SMILES string of the molecule is Nc1ccc(O)c(-c2c(O)ccc(C(F)(F)F)c2N)c1. The summed E-state index contributed by atoms with van der Waals surface area (Å²) < 4.78 is 38.4. The van der Waals surface area contributed by atoms with E-state index in [1.165, 1.54) is 18.2 Å². The second kappa shape index (κ2) is 4.52. The molecule has 2 aromatic rings. The standard InChI is InChI=1S/C13H11F3N2O2/c14-13(15,16)8-2-4-10(20)11(12(8)18)7-5-6(17)1-3-9(7)19/h1-5,19-20H,17-18H2. The predicted octanol–water partition coefficient (Wildman–Crippen LogP) is 2.95. The van der Waals surface area contributed by atoms with E-state index >= 15 is 0 Å². The number of benzene rings is 2. The molecule has 0 saturated heterocycles. The quantitative estimate of drug-likeness (QED) is 0.478. The van der Waals surface area contributed by atoms with Crippen molar-refractivity contribution in [1.82, 2.24) is 0 Å². The van der Waals surface area contributed by atoms with Crippen molar-refractivity contribution in [3.05, 3.63) is 35.9 Å². The molecule has 6 N–H and O–H groups in total. The Morgan fingerprint density at radius 3 is 2.10 bits per heavy atom. The summed E-state index contributed by atoms with van der Waals surface area (Å²) >= 11 is 0. The van der Waals surface area contributed by atoms with Gasteiger partial charge in [-0.15, -0.1) is 0 Å². The van der Waals surface area contributed by atoms with Crippen LogP contribution in [-0.4, -0.2) is 10.2 Å². The van der Waals surface area contributed by atoms with E-state index in [0.29, 0.717) is 6.07 Å². The molecule has 2 rings (SSSR count). The molecule has 0 fully saturated rings. The van der Waals surface area contributed by atoms with Gasteiger partial charge in [-0.3, -0.25) is 0 Å². The molecule has 0 aliphatic carbocycles. The number of hydrogen-bond acceptors (Lipinski definition) is 4. The van der Waals surface area contributed by atoms with Crippen LogP contribution in [0.15, 0.2) is 30.3 Å². The Morgan fingerprint density at radius 1 is 0.900 bits per heavy atom. The van der Waals surface area contributed by atoms with Gasteiger partial charge < -0.3 is 21.7 Å². The molecule has 7 heteroatoms. The van der Waals surface area contributed by atoms with Crippen molar-refractivity contribution in [2.75, 3.05) is 11.5 Å². The van der Waals surface area contributed by atoms with E-state index in [4.69, 9.17) is 11.5 Å². The van der Waals surface area contributed by atoms with Crippen LogP contribution in [-0.2, 0) is 6.18 Å². The fraction of sp³-hybridized carbons (Fsp3) is 0.0769. The van der Waals surface area contributed by atoms with Crippen molar-refractivity contribution in [2.45, 2.75) is 6.18 Å². The minimum absolute atomic E-state index is 0.0638. The minimum atomic E-state index is -4.66. The lowest BCUT2D eigenvalue weighted by atomic mass is 9.97. The van der Waals surface area contributed by atoms with Crippen LogP contribution in [0.5, 0.6) is 11.5 Å². The number of phenolic OH excluding ortho intramolecular Hbond substituents is 2. The molecular weight excluding hydrogens is 273 g/mol. The number of nitrogen functional groups attached to an aromatic ring is 2. The zero-order valence-electron chi connectivity index (χ0n) is 10.1. The molecule has 20 heavy (non-hydrogen) atoms. The number of anilines is 2. The Bertz CT molecular complexity index is 669. The molecule has 0 amide bonds. The fourth-order valence-corrected chi connectivity index (χ4v) is 1.89. The molecule has 0 aliphatic rings. The molecule has 0 bridgehead atoms. The van der Waals surface area contributed by atoms with E-state index in [1.54, 1.807) is 0 Å². The van der Waals surface area contributed by atoms with Crippen molar-refractivity contribution >= 4 is 11.4 Å². The maximum absolute atomic E-state index is 12.8. The minimum Gasteiger partial charge on any atom is -0.507 e. The molecule has 0 saturated carbocycles. The molecule has 0 aliphatic heterocycles. The molecule has 0 radical (unpaired) electrons. The first-order valence-electron chi connectivity index (χ1n) is 5.49. The van der Waals surface area contributed by atoms with E-state index < -0.39 is 23.2 Å². The summed E-state index contributed by atoms with van der Waals surface area (Å²) in [6.45, 7) is 0. The summed E-state index contributed by atoms with van der Waals surface area (Å²) in [5, 5.41) is 19.5. The largest absolute Gasteiger partial charge is 0.507 e. The second-order valence-corrected chi connectivity index (χ2v) is 4.20. The van der Waals surface area contributed by atoms with Gasteiger partial charge in [-0.1, -0.05) is 0 Å². The van der Waals surface area contributed by atoms with Crippen LogP contribution in [0.25, 0.3) is 11.1 Å². The lowest BCUT2D eigenvalue weighted by molar-refractivity contribution is -0.136. The van der Waals surface area contributed by atoms with Crippen molar-refractivity contribution in [2.24, 2.45) is 0 Å². The number of alkyl halides is 3. The van der Waals surface area contributed by atoms with E-state index in [2.05, 4.69) is 0 Å². The highest BCUT2D eigenvalue weighted by Gasteiger charge is 2.34. The zero-order valence-corrected chi connectivity index (χ0v) is 10.1. The van der Waals surface area contributed by atoms with E-state index in [9.17, 15) is 23.4 Å². The molecule has 4 nitrogen and oxygen atoms in total. The highest BCUT2D eigenvalue weighted by atomic mass is 19.4. The van der Waals surface area contributed by atoms with Gasteiger partial charge in [-0.2, -0.15) is 13.2 Å². The number of halogens is 3. The predicted molar refractivity (Wildman–Crippen MR) is 69.0 cm³/mol. The Kier molecular flexibility index (Phi) is 3.13. The molecule has 0 heterocycles. The van der Waals surface area contributed by atoms with E-state index in [1.807, 2.05) is 0 Å². The van der Waals surface area contributed by atoms with Gasteiger partial charge >= 0.3 is 6.18 Å². The van der Waals surface area contributed by atoms with E-state index in [0.717, 1.165) is 6.07 Å². The van der Waals surface area contributed by atoms with Crippen LogP contribution >= 0.6 is 0 Å². The molecular formula is C13H11F3N2O2. The lowest BCUT2D eigenvalue weighted by Crippen LogP contribution is -2.09. The number of rotatable bonds is 1. The van der Waals surface area contributed by atoms with Crippen LogP contribution in [0.2, 0.25) is 0 Å². The number of aromatic hydroxyl groups is 2. The maximum Gasteiger partial charge on any atom is 0.418 e. The van der Waals surface area contributed by atoms with Crippen LogP contribution in [0.3, 0.4) is 0 Å². The Labute approximate surface area is 112 Å². The van der Waals surface area contributed by atoms with Gasteiger partial charge in [0.15, 0.2) is 0 Å². The normalized spacial score (nSPS) is 11.6. The Morgan fingerprint density at radius 2 is 1.50 bits per heavy atom. The first-order valence-corrected chi connectivity index (χ1v) is 5.49. The first kappa shape index (κ1) is 13.9.